The summed E-state index contributed by atoms with van der Waals surface area (Å²) < 4.78 is 5.19. The molecule has 1 aromatic rings. The van der Waals surface area contributed by atoms with Crippen molar-refractivity contribution in [2.45, 2.75) is 46.0 Å². The number of methoxy groups -OCH3 is 1. The monoisotopic (exact) mass is 282 g/mol. The Kier molecular flexibility index (Phi) is 6.93. The van der Waals surface area contributed by atoms with E-state index in [1.807, 2.05) is 32.0 Å². The number of carbonyl (C=O) groups is 1. The highest BCUT2D eigenvalue weighted by Gasteiger charge is 2.06. The molecule has 19 heavy (non-hydrogen) atoms. The Bertz CT molecular complexity index is 413. The lowest BCUT2D eigenvalue weighted by molar-refractivity contribution is -0.122. The van der Waals surface area contributed by atoms with Gasteiger partial charge >= 0.3 is 0 Å². The van der Waals surface area contributed by atoms with E-state index in [4.69, 9.17) is 16.3 Å². The third-order valence-corrected chi connectivity index (χ3v) is 3.56. The van der Waals surface area contributed by atoms with Crippen LogP contribution in [0.3, 0.4) is 0 Å². The highest BCUT2D eigenvalue weighted by Crippen LogP contribution is 2.25. The number of ketones is 1. The molecule has 0 fully saturated rings. The Labute approximate surface area is 121 Å². The molecule has 0 saturated heterocycles. The zero-order chi connectivity index (χ0) is 14.3. The number of halogens is 1. The summed E-state index contributed by atoms with van der Waals surface area (Å²) in [5.74, 6) is 1.27. The molecule has 1 rings (SSSR count). The van der Waals surface area contributed by atoms with Crippen LogP contribution in [0.5, 0.6) is 5.75 Å². The molecular weight excluding hydrogens is 260 g/mol. The second-order valence-corrected chi connectivity index (χ2v) is 5.56. The van der Waals surface area contributed by atoms with Gasteiger partial charge in [0.05, 0.1) is 12.1 Å². The Balaban J connectivity index is 2.28. The summed E-state index contributed by atoms with van der Waals surface area (Å²) in [6, 6.07) is 5.89. The van der Waals surface area contributed by atoms with Crippen LogP contribution >= 0.6 is 11.6 Å². The van der Waals surface area contributed by atoms with Crippen LogP contribution in [-0.2, 0) is 11.2 Å². The van der Waals surface area contributed by atoms with E-state index < -0.39 is 0 Å². The van der Waals surface area contributed by atoms with Gasteiger partial charge in [-0.2, -0.15) is 0 Å². The number of ether oxygens (including phenoxy) is 1. The third-order valence-electron chi connectivity index (χ3n) is 3.25. The fourth-order valence-corrected chi connectivity index (χ4v) is 2.15. The van der Waals surface area contributed by atoms with Gasteiger partial charge in [0.1, 0.15) is 11.5 Å². The molecule has 0 unspecified atom stereocenters. The lowest BCUT2D eigenvalue weighted by atomic mass is 10.0. The first-order valence-electron chi connectivity index (χ1n) is 6.89. The first-order chi connectivity index (χ1) is 9.04. The van der Waals surface area contributed by atoms with Crippen molar-refractivity contribution in [3.63, 3.8) is 0 Å². The third kappa shape index (κ3) is 5.65. The van der Waals surface area contributed by atoms with Crippen LogP contribution in [0.25, 0.3) is 0 Å². The number of benzene rings is 1. The average Bonchev–Trinajstić information content (AvgIpc) is 2.39. The van der Waals surface area contributed by atoms with Crippen molar-refractivity contribution in [2.75, 3.05) is 7.11 Å². The lowest BCUT2D eigenvalue weighted by Crippen LogP contribution is -2.06. The quantitative estimate of drug-likeness (QED) is 0.647. The molecule has 0 saturated carbocycles. The molecule has 1 aromatic carbocycles. The summed E-state index contributed by atoms with van der Waals surface area (Å²) in [7, 11) is 1.63. The minimum Gasteiger partial charge on any atom is -0.495 e. The van der Waals surface area contributed by atoms with E-state index in [1.165, 1.54) is 5.56 Å². The number of Topliss-reactive ketones (excluding diaryl/α,β-unsaturated/α-hetero) is 1. The van der Waals surface area contributed by atoms with Crippen molar-refractivity contribution >= 4 is 17.4 Å². The van der Waals surface area contributed by atoms with Gasteiger partial charge < -0.3 is 4.74 Å². The highest BCUT2D eigenvalue weighted by molar-refractivity contribution is 6.32. The number of rotatable bonds is 8. The van der Waals surface area contributed by atoms with E-state index in [-0.39, 0.29) is 5.92 Å². The van der Waals surface area contributed by atoms with E-state index in [0.29, 0.717) is 17.2 Å². The van der Waals surface area contributed by atoms with Gasteiger partial charge in [-0.1, -0.05) is 37.9 Å². The van der Waals surface area contributed by atoms with Crippen molar-refractivity contribution in [3.05, 3.63) is 28.8 Å². The first-order valence-corrected chi connectivity index (χ1v) is 7.27. The molecule has 0 N–H and O–H groups in total. The van der Waals surface area contributed by atoms with Crippen molar-refractivity contribution in [3.8, 4) is 5.75 Å². The topological polar surface area (TPSA) is 26.3 Å². The fraction of sp³-hybridized carbons (Fsp3) is 0.562. The van der Waals surface area contributed by atoms with Gasteiger partial charge in [0, 0.05) is 12.3 Å². The number of aryl methyl sites for hydroxylation is 1. The van der Waals surface area contributed by atoms with Crippen LogP contribution < -0.4 is 4.74 Å². The maximum absolute atomic E-state index is 11.5. The van der Waals surface area contributed by atoms with Crippen LogP contribution in [0, 0.1) is 5.92 Å². The molecule has 0 heterocycles. The molecule has 3 heteroatoms. The van der Waals surface area contributed by atoms with Gasteiger partial charge in [-0.3, -0.25) is 4.79 Å². The largest absolute Gasteiger partial charge is 0.495 e. The normalized spacial score (nSPS) is 10.8. The van der Waals surface area contributed by atoms with E-state index in [2.05, 4.69) is 0 Å². The fourth-order valence-electron chi connectivity index (χ4n) is 1.95. The molecule has 0 aliphatic heterocycles. The standard InChI is InChI=1S/C16H23ClO2/c1-12(2)15(18)8-6-4-5-7-13-9-10-14(17)16(11-13)19-3/h9-12H,4-8H2,1-3H3. The molecule has 0 aliphatic carbocycles. The Morgan fingerprint density at radius 1 is 1.26 bits per heavy atom. The van der Waals surface area contributed by atoms with Gasteiger partial charge in [0.25, 0.3) is 0 Å². The van der Waals surface area contributed by atoms with Crippen molar-refractivity contribution < 1.29 is 9.53 Å². The first kappa shape index (κ1) is 16.0. The summed E-state index contributed by atoms with van der Waals surface area (Å²) in [5, 5.41) is 0.647. The Hall–Kier alpha value is -1.02. The molecule has 0 aromatic heterocycles. The molecule has 0 atom stereocenters. The molecular formula is C16H23ClO2. The van der Waals surface area contributed by atoms with E-state index in [9.17, 15) is 4.79 Å². The number of hydrogen-bond donors (Lipinski definition) is 0. The van der Waals surface area contributed by atoms with Crippen molar-refractivity contribution in [2.24, 2.45) is 5.92 Å². The number of hydrogen-bond acceptors (Lipinski definition) is 2. The highest BCUT2D eigenvalue weighted by atomic mass is 35.5. The lowest BCUT2D eigenvalue weighted by Gasteiger charge is -2.07. The van der Waals surface area contributed by atoms with Crippen LogP contribution in [0.15, 0.2) is 18.2 Å². The number of carbonyl (C=O) groups excluding carboxylic acids is 1. The molecule has 2 nitrogen and oxygen atoms in total. The predicted octanol–water partition coefficient (Wildman–Crippen LogP) is 4.68. The number of unbranched alkanes of at least 4 members (excludes halogenated alkanes) is 2. The van der Waals surface area contributed by atoms with Crippen LogP contribution in [0.4, 0.5) is 0 Å². The van der Waals surface area contributed by atoms with Gasteiger partial charge in [-0.05, 0) is 37.0 Å². The van der Waals surface area contributed by atoms with E-state index >= 15 is 0 Å². The molecule has 0 amide bonds. The SMILES string of the molecule is COc1cc(CCCCCC(=O)C(C)C)ccc1Cl. The summed E-state index contributed by atoms with van der Waals surface area (Å²) >= 11 is 5.98. The van der Waals surface area contributed by atoms with Gasteiger partial charge in [0.2, 0.25) is 0 Å². The average molecular weight is 283 g/mol. The summed E-state index contributed by atoms with van der Waals surface area (Å²) in [6.07, 6.45) is 4.88. The molecule has 0 spiro atoms. The molecule has 0 bridgehead atoms. The van der Waals surface area contributed by atoms with Gasteiger partial charge in [-0.25, -0.2) is 0 Å². The van der Waals surface area contributed by atoms with E-state index in [0.717, 1.165) is 31.4 Å². The Morgan fingerprint density at radius 3 is 2.63 bits per heavy atom. The van der Waals surface area contributed by atoms with Crippen molar-refractivity contribution in [1.82, 2.24) is 0 Å². The zero-order valence-corrected chi connectivity index (χ0v) is 12.8. The molecule has 106 valence electrons. The van der Waals surface area contributed by atoms with Crippen LogP contribution in [0.1, 0.15) is 45.1 Å². The maximum Gasteiger partial charge on any atom is 0.137 e. The minimum atomic E-state index is 0.167. The zero-order valence-electron chi connectivity index (χ0n) is 12.0. The van der Waals surface area contributed by atoms with Crippen LogP contribution in [-0.4, -0.2) is 12.9 Å². The maximum atomic E-state index is 11.5. The van der Waals surface area contributed by atoms with Gasteiger partial charge in [0.15, 0.2) is 0 Å². The van der Waals surface area contributed by atoms with Gasteiger partial charge in [-0.15, -0.1) is 0 Å². The molecule has 0 radical (unpaired) electrons. The smallest absolute Gasteiger partial charge is 0.137 e. The summed E-state index contributed by atoms with van der Waals surface area (Å²) in [4.78, 5) is 11.5. The van der Waals surface area contributed by atoms with E-state index in [1.54, 1.807) is 7.11 Å². The Morgan fingerprint density at radius 2 is 2.00 bits per heavy atom. The summed E-state index contributed by atoms with van der Waals surface area (Å²) in [6.45, 7) is 3.92. The summed E-state index contributed by atoms with van der Waals surface area (Å²) in [5.41, 5.74) is 1.23. The minimum absolute atomic E-state index is 0.167. The second kappa shape index (κ2) is 8.21. The van der Waals surface area contributed by atoms with Crippen LogP contribution in [0.2, 0.25) is 5.02 Å². The molecule has 0 aliphatic rings. The van der Waals surface area contributed by atoms with Crippen molar-refractivity contribution in [1.29, 1.82) is 0 Å². The predicted molar refractivity (Wildman–Crippen MR) is 80.0 cm³/mol. The second-order valence-electron chi connectivity index (χ2n) is 5.15.